The maximum atomic E-state index is 12.5. The van der Waals surface area contributed by atoms with Gasteiger partial charge in [-0.25, -0.2) is 9.78 Å². The minimum Gasteiger partial charge on any atom is -0.360 e. The summed E-state index contributed by atoms with van der Waals surface area (Å²) in [5.41, 5.74) is -0.215. The fourth-order valence-corrected chi connectivity index (χ4v) is 3.42. The summed E-state index contributed by atoms with van der Waals surface area (Å²) in [5, 5.41) is 6.82. The van der Waals surface area contributed by atoms with Gasteiger partial charge in [-0.3, -0.25) is 18.7 Å². The molecule has 0 aliphatic carbocycles. The minimum atomic E-state index is -0.445. The molecule has 3 aromatic rings. The molecule has 26 heavy (non-hydrogen) atoms. The van der Waals surface area contributed by atoms with E-state index in [9.17, 15) is 14.4 Å². The molecule has 3 heterocycles. The molecular formula is C15H18N6O4S. The summed E-state index contributed by atoms with van der Waals surface area (Å²) in [5.74, 6) is 0.731. The van der Waals surface area contributed by atoms with Crippen LogP contribution in [-0.2, 0) is 25.4 Å². The molecule has 10 nitrogen and oxygen atoms in total. The van der Waals surface area contributed by atoms with Crippen LogP contribution >= 0.6 is 11.8 Å². The predicted molar refractivity (Wildman–Crippen MR) is 96.5 cm³/mol. The maximum absolute atomic E-state index is 12.5. The van der Waals surface area contributed by atoms with Gasteiger partial charge in [0.05, 0.1) is 5.75 Å². The zero-order valence-corrected chi connectivity index (χ0v) is 15.6. The van der Waals surface area contributed by atoms with Crippen molar-refractivity contribution in [1.82, 2.24) is 23.8 Å². The number of carbonyl (C=O) groups is 1. The van der Waals surface area contributed by atoms with Gasteiger partial charge < -0.3 is 14.4 Å². The quantitative estimate of drug-likeness (QED) is 0.642. The average molecular weight is 378 g/mol. The summed E-state index contributed by atoms with van der Waals surface area (Å²) in [6.07, 6.45) is 0. The van der Waals surface area contributed by atoms with Gasteiger partial charge >= 0.3 is 5.69 Å². The first-order chi connectivity index (χ1) is 12.3. The van der Waals surface area contributed by atoms with Crippen molar-refractivity contribution >= 4 is 34.7 Å². The van der Waals surface area contributed by atoms with E-state index in [1.807, 2.05) is 6.92 Å². The molecule has 0 atom stereocenters. The van der Waals surface area contributed by atoms with Crippen molar-refractivity contribution in [2.24, 2.45) is 14.1 Å². The third-order valence-electron chi connectivity index (χ3n) is 3.86. The molecular weight excluding hydrogens is 360 g/mol. The van der Waals surface area contributed by atoms with Crippen LogP contribution in [0.3, 0.4) is 0 Å². The van der Waals surface area contributed by atoms with Crippen molar-refractivity contribution in [2.45, 2.75) is 25.5 Å². The number of amides is 1. The molecule has 0 unspecified atom stereocenters. The maximum Gasteiger partial charge on any atom is 0.332 e. The monoisotopic (exact) mass is 378 g/mol. The molecule has 138 valence electrons. The second-order valence-corrected chi connectivity index (χ2v) is 6.62. The molecule has 3 rings (SSSR count). The van der Waals surface area contributed by atoms with Gasteiger partial charge in [0.1, 0.15) is 5.76 Å². The highest BCUT2D eigenvalue weighted by atomic mass is 32.2. The number of hydrogen-bond acceptors (Lipinski definition) is 7. The summed E-state index contributed by atoms with van der Waals surface area (Å²) < 4.78 is 8.97. The Balaban J connectivity index is 1.89. The lowest BCUT2D eigenvalue weighted by Crippen LogP contribution is -2.37. The highest BCUT2D eigenvalue weighted by Crippen LogP contribution is 2.21. The Morgan fingerprint density at radius 2 is 2.04 bits per heavy atom. The molecule has 0 fully saturated rings. The third kappa shape index (κ3) is 3.05. The molecule has 0 radical (unpaired) electrons. The Hall–Kier alpha value is -2.82. The van der Waals surface area contributed by atoms with Gasteiger partial charge in [-0.05, 0) is 13.8 Å². The Bertz CT molecular complexity index is 1110. The molecule has 11 heteroatoms. The van der Waals surface area contributed by atoms with Crippen molar-refractivity contribution < 1.29 is 9.32 Å². The van der Waals surface area contributed by atoms with Crippen molar-refractivity contribution in [2.75, 3.05) is 11.1 Å². The highest BCUT2D eigenvalue weighted by Gasteiger charge is 2.19. The number of thioether (sulfide) groups is 1. The van der Waals surface area contributed by atoms with E-state index in [-0.39, 0.29) is 11.7 Å². The third-order valence-corrected chi connectivity index (χ3v) is 4.83. The number of imidazole rings is 1. The molecule has 0 bridgehead atoms. The Morgan fingerprint density at radius 3 is 2.65 bits per heavy atom. The number of aromatic nitrogens is 5. The van der Waals surface area contributed by atoms with Crippen LogP contribution < -0.4 is 16.6 Å². The van der Waals surface area contributed by atoms with Gasteiger partial charge in [-0.2, -0.15) is 0 Å². The number of rotatable bonds is 5. The van der Waals surface area contributed by atoms with E-state index in [0.717, 1.165) is 4.57 Å². The van der Waals surface area contributed by atoms with Gasteiger partial charge in [0.25, 0.3) is 5.56 Å². The number of hydrogen-bond donors (Lipinski definition) is 1. The number of carbonyl (C=O) groups excluding carboxylic acids is 1. The zero-order valence-electron chi connectivity index (χ0n) is 14.8. The Morgan fingerprint density at radius 1 is 1.31 bits per heavy atom. The summed E-state index contributed by atoms with van der Waals surface area (Å²) in [4.78, 5) is 41.0. The first-order valence-electron chi connectivity index (χ1n) is 7.85. The average Bonchev–Trinajstić information content (AvgIpc) is 3.19. The zero-order chi connectivity index (χ0) is 19.0. The molecule has 0 spiro atoms. The van der Waals surface area contributed by atoms with E-state index in [1.54, 1.807) is 24.6 Å². The van der Waals surface area contributed by atoms with E-state index in [0.29, 0.717) is 34.4 Å². The lowest BCUT2D eigenvalue weighted by atomic mass is 10.5. The number of fused-ring (bicyclic) bond motifs is 1. The van der Waals surface area contributed by atoms with E-state index < -0.39 is 11.2 Å². The topological polar surface area (TPSA) is 117 Å². The summed E-state index contributed by atoms with van der Waals surface area (Å²) in [6.45, 7) is 4.08. The molecule has 0 saturated carbocycles. The molecule has 0 aliphatic heterocycles. The van der Waals surface area contributed by atoms with Crippen LogP contribution in [0.2, 0.25) is 0 Å². The van der Waals surface area contributed by atoms with Gasteiger partial charge in [0, 0.05) is 26.7 Å². The summed E-state index contributed by atoms with van der Waals surface area (Å²) in [6, 6.07) is 1.61. The smallest absolute Gasteiger partial charge is 0.332 e. The van der Waals surface area contributed by atoms with Crippen LogP contribution in [0.4, 0.5) is 5.82 Å². The highest BCUT2D eigenvalue weighted by molar-refractivity contribution is 7.99. The second kappa shape index (κ2) is 6.83. The summed E-state index contributed by atoms with van der Waals surface area (Å²) >= 11 is 1.18. The van der Waals surface area contributed by atoms with Crippen molar-refractivity contribution in [3.8, 4) is 0 Å². The van der Waals surface area contributed by atoms with E-state index in [4.69, 9.17) is 4.52 Å². The SMILES string of the molecule is CCn1c(SCC(=O)Nc2cc(C)on2)nc2c1c(=O)n(C)c(=O)n2C. The molecule has 0 aliphatic rings. The van der Waals surface area contributed by atoms with Crippen LogP contribution in [0.15, 0.2) is 25.3 Å². The van der Waals surface area contributed by atoms with E-state index in [1.165, 1.54) is 23.4 Å². The lowest BCUT2D eigenvalue weighted by molar-refractivity contribution is -0.113. The Labute approximate surface area is 151 Å². The largest absolute Gasteiger partial charge is 0.360 e. The van der Waals surface area contributed by atoms with Crippen LogP contribution in [0.25, 0.3) is 11.2 Å². The minimum absolute atomic E-state index is 0.0729. The van der Waals surface area contributed by atoms with E-state index in [2.05, 4.69) is 15.5 Å². The first-order valence-corrected chi connectivity index (χ1v) is 8.84. The number of anilines is 1. The van der Waals surface area contributed by atoms with Crippen LogP contribution in [0.1, 0.15) is 12.7 Å². The normalized spacial score (nSPS) is 11.2. The standard InChI is InChI=1S/C15H18N6O4S/c1-5-21-11-12(19(3)15(24)20(4)13(11)23)17-14(21)26-7-10(22)16-9-6-8(2)25-18-9/h6H,5,7H2,1-4H3,(H,16,18,22). The second-order valence-electron chi connectivity index (χ2n) is 5.68. The van der Waals surface area contributed by atoms with Gasteiger partial charge in [-0.1, -0.05) is 16.9 Å². The fraction of sp³-hybridized carbons (Fsp3) is 0.400. The fourth-order valence-electron chi connectivity index (χ4n) is 2.56. The predicted octanol–water partition coefficient (Wildman–Crippen LogP) is 0.481. The van der Waals surface area contributed by atoms with Crippen molar-refractivity contribution in [3.63, 3.8) is 0 Å². The molecule has 3 aromatic heterocycles. The molecule has 0 aromatic carbocycles. The molecule has 1 amide bonds. The number of nitrogens with one attached hydrogen (secondary N) is 1. The van der Waals surface area contributed by atoms with Gasteiger partial charge in [-0.15, -0.1) is 0 Å². The van der Waals surface area contributed by atoms with Crippen LogP contribution in [0.5, 0.6) is 0 Å². The van der Waals surface area contributed by atoms with E-state index >= 15 is 0 Å². The first kappa shape index (κ1) is 18.0. The number of aryl methyl sites for hydroxylation is 3. The molecule has 1 N–H and O–H groups in total. The number of nitrogens with zero attached hydrogens (tertiary/aromatic N) is 5. The van der Waals surface area contributed by atoms with Crippen LogP contribution in [-0.4, -0.2) is 35.5 Å². The van der Waals surface area contributed by atoms with Gasteiger partial charge in [0.15, 0.2) is 22.1 Å². The van der Waals surface area contributed by atoms with Crippen LogP contribution in [0, 0.1) is 6.92 Å². The van der Waals surface area contributed by atoms with Gasteiger partial charge in [0.2, 0.25) is 5.91 Å². The van der Waals surface area contributed by atoms with Crippen molar-refractivity contribution in [1.29, 1.82) is 0 Å². The van der Waals surface area contributed by atoms with Crippen molar-refractivity contribution in [3.05, 3.63) is 32.7 Å². The summed E-state index contributed by atoms with van der Waals surface area (Å²) in [7, 11) is 2.99. The Kier molecular flexibility index (Phi) is 4.72. The molecule has 0 saturated heterocycles. The lowest BCUT2D eigenvalue weighted by Gasteiger charge is -2.06.